The van der Waals surface area contributed by atoms with E-state index in [0.29, 0.717) is 12.1 Å². The fraction of sp³-hybridized carbons (Fsp3) is 0.125. The van der Waals surface area contributed by atoms with E-state index in [0.717, 1.165) is 31.2 Å². The first kappa shape index (κ1) is 20.4. The van der Waals surface area contributed by atoms with E-state index < -0.39 is 61.6 Å². The van der Waals surface area contributed by atoms with Gasteiger partial charge in [-0.2, -0.15) is 0 Å². The van der Waals surface area contributed by atoms with Crippen molar-refractivity contribution in [1.29, 1.82) is 0 Å². The molecule has 1 atom stereocenters. The molecule has 144 valence electrons. The fourth-order valence-electron chi connectivity index (χ4n) is 1.94. The van der Waals surface area contributed by atoms with Crippen molar-refractivity contribution in [1.82, 2.24) is 0 Å². The molecule has 0 aliphatic rings. The quantitative estimate of drug-likeness (QED) is 0.742. The van der Waals surface area contributed by atoms with Crippen LogP contribution in [-0.4, -0.2) is 26.4 Å². The fourth-order valence-corrected chi connectivity index (χ4v) is 2.48. The molecular formula is C16H13F3N2O5S. The van der Waals surface area contributed by atoms with Gasteiger partial charge in [0.25, 0.3) is 5.91 Å². The lowest BCUT2D eigenvalue weighted by molar-refractivity contribution is -0.123. The maximum Gasteiger partial charge on any atom is 0.341 e. The van der Waals surface area contributed by atoms with E-state index >= 15 is 0 Å². The van der Waals surface area contributed by atoms with Gasteiger partial charge in [0.15, 0.2) is 6.10 Å². The number of esters is 1. The van der Waals surface area contributed by atoms with E-state index in [-0.39, 0.29) is 0 Å². The average Bonchev–Trinajstić information content (AvgIpc) is 2.57. The molecule has 0 saturated carbocycles. The highest BCUT2D eigenvalue weighted by atomic mass is 32.2. The standard InChI is InChI=1S/C16H13F3N2O5S/c1-8(15(22)21-14-6-9(17)2-4-13(14)19)26-16(23)11-7-10(27(20,24)25)3-5-12(11)18/h2-8H,1H3,(H,21,22)(H2,20,24,25)/t8-/m0/s1. The normalized spacial score (nSPS) is 12.3. The van der Waals surface area contributed by atoms with Crippen molar-refractivity contribution in [3.05, 3.63) is 59.4 Å². The summed E-state index contributed by atoms with van der Waals surface area (Å²) in [5, 5.41) is 6.92. The Morgan fingerprint density at radius 2 is 1.70 bits per heavy atom. The molecule has 7 nitrogen and oxygen atoms in total. The lowest BCUT2D eigenvalue weighted by Gasteiger charge is -2.14. The molecule has 0 heterocycles. The number of hydrogen-bond acceptors (Lipinski definition) is 5. The maximum atomic E-state index is 13.8. The second-order valence-electron chi connectivity index (χ2n) is 5.35. The molecule has 0 radical (unpaired) electrons. The van der Waals surface area contributed by atoms with E-state index in [1.807, 2.05) is 5.32 Å². The van der Waals surface area contributed by atoms with Gasteiger partial charge >= 0.3 is 5.97 Å². The molecule has 0 aromatic heterocycles. The Bertz CT molecular complexity index is 1010. The SMILES string of the molecule is C[C@H](OC(=O)c1cc(S(N)(=O)=O)ccc1F)C(=O)Nc1cc(F)ccc1F. The third-order valence-electron chi connectivity index (χ3n) is 3.33. The average molecular weight is 402 g/mol. The number of primary sulfonamides is 1. The second kappa shape index (κ2) is 7.76. The van der Waals surface area contributed by atoms with Gasteiger partial charge < -0.3 is 10.1 Å². The lowest BCUT2D eigenvalue weighted by Crippen LogP contribution is -2.30. The van der Waals surface area contributed by atoms with Crippen LogP contribution in [0.15, 0.2) is 41.3 Å². The Morgan fingerprint density at radius 3 is 2.33 bits per heavy atom. The number of ether oxygens (including phenoxy) is 1. The summed E-state index contributed by atoms with van der Waals surface area (Å²) in [7, 11) is -4.20. The molecule has 0 bridgehead atoms. The summed E-state index contributed by atoms with van der Waals surface area (Å²) < 4.78 is 67.7. The van der Waals surface area contributed by atoms with Crippen molar-refractivity contribution in [2.45, 2.75) is 17.9 Å². The van der Waals surface area contributed by atoms with Gasteiger partial charge in [-0.3, -0.25) is 4.79 Å². The Morgan fingerprint density at radius 1 is 1.07 bits per heavy atom. The van der Waals surface area contributed by atoms with Crippen LogP contribution < -0.4 is 10.5 Å². The molecular weight excluding hydrogens is 389 g/mol. The zero-order valence-corrected chi connectivity index (χ0v) is 14.5. The Kier molecular flexibility index (Phi) is 5.86. The summed E-state index contributed by atoms with van der Waals surface area (Å²) in [5.41, 5.74) is -1.25. The van der Waals surface area contributed by atoms with Gasteiger partial charge in [0.2, 0.25) is 10.0 Å². The summed E-state index contributed by atoms with van der Waals surface area (Å²) in [4.78, 5) is 23.5. The van der Waals surface area contributed by atoms with Crippen LogP contribution in [0.2, 0.25) is 0 Å². The van der Waals surface area contributed by atoms with Gasteiger partial charge in [-0.1, -0.05) is 0 Å². The molecule has 0 saturated heterocycles. The lowest BCUT2D eigenvalue weighted by atomic mass is 10.2. The van der Waals surface area contributed by atoms with Crippen LogP contribution in [0.25, 0.3) is 0 Å². The van der Waals surface area contributed by atoms with E-state index in [1.165, 1.54) is 0 Å². The number of anilines is 1. The molecule has 3 N–H and O–H groups in total. The minimum Gasteiger partial charge on any atom is -0.449 e. The highest BCUT2D eigenvalue weighted by molar-refractivity contribution is 7.89. The number of halogens is 3. The van der Waals surface area contributed by atoms with Crippen LogP contribution in [0, 0.1) is 17.5 Å². The summed E-state index contributed by atoms with van der Waals surface area (Å²) >= 11 is 0. The number of rotatable bonds is 5. The molecule has 27 heavy (non-hydrogen) atoms. The van der Waals surface area contributed by atoms with E-state index in [1.54, 1.807) is 0 Å². The van der Waals surface area contributed by atoms with Crippen LogP contribution in [0.4, 0.5) is 18.9 Å². The van der Waals surface area contributed by atoms with E-state index in [2.05, 4.69) is 0 Å². The van der Waals surface area contributed by atoms with Crippen molar-refractivity contribution in [3.8, 4) is 0 Å². The van der Waals surface area contributed by atoms with Gasteiger partial charge in [-0.05, 0) is 37.3 Å². The third-order valence-corrected chi connectivity index (χ3v) is 4.24. The molecule has 1 amide bonds. The molecule has 0 spiro atoms. The minimum atomic E-state index is -4.20. The zero-order valence-electron chi connectivity index (χ0n) is 13.7. The topological polar surface area (TPSA) is 116 Å². The number of carbonyl (C=O) groups is 2. The molecule has 0 aliphatic carbocycles. The molecule has 2 aromatic rings. The van der Waals surface area contributed by atoms with Crippen LogP contribution >= 0.6 is 0 Å². The minimum absolute atomic E-state index is 0.481. The molecule has 0 aliphatic heterocycles. The number of nitrogens with two attached hydrogens (primary N) is 1. The first-order chi connectivity index (χ1) is 12.5. The summed E-state index contributed by atoms with van der Waals surface area (Å²) in [6.07, 6.45) is -1.53. The smallest absolute Gasteiger partial charge is 0.341 e. The monoisotopic (exact) mass is 402 g/mol. The van der Waals surface area contributed by atoms with Gasteiger partial charge in [0, 0.05) is 6.07 Å². The van der Waals surface area contributed by atoms with E-state index in [9.17, 15) is 31.2 Å². The molecule has 0 unspecified atom stereocenters. The van der Waals surface area contributed by atoms with Gasteiger partial charge in [-0.25, -0.2) is 31.5 Å². The predicted octanol–water partition coefficient (Wildman–Crippen LogP) is 1.94. The number of hydrogen-bond donors (Lipinski definition) is 2. The number of nitrogens with one attached hydrogen (secondary N) is 1. The summed E-state index contributed by atoms with van der Waals surface area (Å²) in [6, 6.07) is 4.56. The van der Waals surface area contributed by atoms with Crippen LogP contribution in [-0.2, 0) is 19.6 Å². The summed E-state index contributed by atoms with van der Waals surface area (Å²) in [5.74, 6) is -5.19. The number of sulfonamides is 1. The number of carbonyl (C=O) groups excluding carboxylic acids is 2. The van der Waals surface area contributed by atoms with Gasteiger partial charge in [0.1, 0.15) is 17.5 Å². The van der Waals surface area contributed by atoms with Crippen molar-refractivity contribution in [2.24, 2.45) is 5.14 Å². The molecule has 0 fully saturated rings. The first-order valence-electron chi connectivity index (χ1n) is 7.28. The first-order valence-corrected chi connectivity index (χ1v) is 8.83. The van der Waals surface area contributed by atoms with Crippen molar-refractivity contribution in [3.63, 3.8) is 0 Å². The largest absolute Gasteiger partial charge is 0.449 e. The Balaban J connectivity index is 2.15. The highest BCUT2D eigenvalue weighted by Crippen LogP contribution is 2.18. The third kappa shape index (κ3) is 5.05. The zero-order chi connectivity index (χ0) is 20.4. The van der Waals surface area contributed by atoms with Crippen LogP contribution in [0.1, 0.15) is 17.3 Å². The van der Waals surface area contributed by atoms with Crippen molar-refractivity contribution >= 4 is 27.6 Å². The Hall–Kier alpha value is -2.92. The van der Waals surface area contributed by atoms with E-state index in [4.69, 9.17) is 9.88 Å². The Labute approximate surface area is 152 Å². The maximum absolute atomic E-state index is 13.8. The highest BCUT2D eigenvalue weighted by Gasteiger charge is 2.23. The van der Waals surface area contributed by atoms with Crippen molar-refractivity contribution < 1.29 is 35.9 Å². The van der Waals surface area contributed by atoms with Gasteiger partial charge in [-0.15, -0.1) is 0 Å². The number of benzene rings is 2. The molecule has 2 rings (SSSR count). The molecule has 11 heteroatoms. The second-order valence-corrected chi connectivity index (χ2v) is 6.91. The van der Waals surface area contributed by atoms with Crippen LogP contribution in [0.5, 0.6) is 0 Å². The molecule has 2 aromatic carbocycles. The van der Waals surface area contributed by atoms with Gasteiger partial charge in [0.05, 0.1) is 16.1 Å². The summed E-state index contributed by atoms with van der Waals surface area (Å²) in [6.45, 7) is 1.10. The number of amides is 1. The van der Waals surface area contributed by atoms with Crippen LogP contribution in [0.3, 0.4) is 0 Å². The predicted molar refractivity (Wildman–Crippen MR) is 87.6 cm³/mol. The van der Waals surface area contributed by atoms with Crippen molar-refractivity contribution in [2.75, 3.05) is 5.32 Å².